The van der Waals surface area contributed by atoms with E-state index in [0.717, 1.165) is 5.56 Å². The predicted molar refractivity (Wildman–Crippen MR) is 102 cm³/mol. The second-order valence-electron chi connectivity index (χ2n) is 5.16. The van der Waals surface area contributed by atoms with Crippen LogP contribution in [-0.4, -0.2) is 15.9 Å². The number of para-hydroxylation sites is 1. The number of carbonyl (C=O) groups excluding carboxylic acids is 1. The topological polar surface area (TPSA) is 54.9 Å². The number of aromatic nitrogens is 2. The standard InChI is InChI=1S/C18H12Cl2FN3OS/c19-12-6-2-1-5-11(12)10-26-18-22-9-13(20)16(24-18)17(25)23-15-8-4-3-7-14(15)21/h1-9H,10H2,(H,23,25). The summed E-state index contributed by atoms with van der Waals surface area (Å²) in [6, 6.07) is 13.3. The highest BCUT2D eigenvalue weighted by atomic mass is 35.5. The van der Waals surface area contributed by atoms with Gasteiger partial charge in [-0.05, 0) is 23.8 Å². The van der Waals surface area contributed by atoms with Gasteiger partial charge in [0.05, 0.1) is 16.9 Å². The summed E-state index contributed by atoms with van der Waals surface area (Å²) in [5.74, 6) is -0.614. The zero-order chi connectivity index (χ0) is 18.5. The summed E-state index contributed by atoms with van der Waals surface area (Å²) in [6.07, 6.45) is 1.35. The summed E-state index contributed by atoms with van der Waals surface area (Å²) in [4.78, 5) is 20.7. The van der Waals surface area contributed by atoms with Crippen molar-refractivity contribution in [1.29, 1.82) is 0 Å². The second-order valence-corrected chi connectivity index (χ2v) is 6.92. The molecule has 0 fully saturated rings. The van der Waals surface area contributed by atoms with Crippen molar-refractivity contribution >= 4 is 46.6 Å². The highest BCUT2D eigenvalue weighted by Crippen LogP contribution is 2.26. The number of nitrogens with one attached hydrogen (secondary N) is 1. The van der Waals surface area contributed by atoms with Crippen LogP contribution in [0.2, 0.25) is 10.0 Å². The zero-order valence-corrected chi connectivity index (χ0v) is 15.6. The van der Waals surface area contributed by atoms with Gasteiger partial charge in [0.1, 0.15) is 5.82 Å². The zero-order valence-electron chi connectivity index (χ0n) is 13.2. The van der Waals surface area contributed by atoms with E-state index in [1.165, 1.54) is 36.2 Å². The van der Waals surface area contributed by atoms with Gasteiger partial charge in [-0.15, -0.1) is 0 Å². The van der Waals surface area contributed by atoms with Crippen LogP contribution in [0.25, 0.3) is 0 Å². The summed E-state index contributed by atoms with van der Waals surface area (Å²) >= 11 is 13.5. The summed E-state index contributed by atoms with van der Waals surface area (Å²) in [5.41, 5.74) is 0.958. The molecule has 3 rings (SSSR count). The van der Waals surface area contributed by atoms with Crippen LogP contribution >= 0.6 is 35.0 Å². The first-order valence-corrected chi connectivity index (χ1v) is 9.23. The molecular weight excluding hydrogens is 396 g/mol. The quantitative estimate of drug-likeness (QED) is 0.450. The molecule has 4 nitrogen and oxygen atoms in total. The molecule has 2 aromatic carbocycles. The molecule has 0 radical (unpaired) electrons. The highest BCUT2D eigenvalue weighted by Gasteiger charge is 2.16. The van der Waals surface area contributed by atoms with Gasteiger partial charge in [0.2, 0.25) is 0 Å². The van der Waals surface area contributed by atoms with Gasteiger partial charge in [0.15, 0.2) is 10.9 Å². The van der Waals surface area contributed by atoms with Crippen molar-refractivity contribution in [2.24, 2.45) is 0 Å². The maximum absolute atomic E-state index is 13.7. The van der Waals surface area contributed by atoms with Gasteiger partial charge in [-0.25, -0.2) is 14.4 Å². The number of rotatable bonds is 5. The summed E-state index contributed by atoms with van der Waals surface area (Å²) < 4.78 is 13.7. The van der Waals surface area contributed by atoms with E-state index in [4.69, 9.17) is 23.2 Å². The average Bonchev–Trinajstić information content (AvgIpc) is 2.64. The number of hydrogen-bond donors (Lipinski definition) is 1. The molecule has 0 bridgehead atoms. The molecule has 0 atom stereocenters. The monoisotopic (exact) mass is 407 g/mol. The van der Waals surface area contributed by atoms with E-state index in [1.54, 1.807) is 12.1 Å². The number of benzene rings is 2. The normalized spacial score (nSPS) is 10.6. The molecule has 0 aliphatic carbocycles. The van der Waals surface area contributed by atoms with Crippen LogP contribution in [0.15, 0.2) is 59.9 Å². The lowest BCUT2D eigenvalue weighted by Gasteiger charge is -2.08. The van der Waals surface area contributed by atoms with Crippen LogP contribution < -0.4 is 5.32 Å². The average molecular weight is 408 g/mol. The fourth-order valence-corrected chi connectivity index (χ4v) is 3.36. The minimum Gasteiger partial charge on any atom is -0.318 e. The van der Waals surface area contributed by atoms with Crippen LogP contribution in [0.5, 0.6) is 0 Å². The Hall–Kier alpha value is -2.15. The van der Waals surface area contributed by atoms with Gasteiger partial charge in [0, 0.05) is 10.8 Å². The third kappa shape index (κ3) is 4.52. The number of thioether (sulfide) groups is 1. The first-order chi connectivity index (χ1) is 12.5. The Bertz CT molecular complexity index is 955. The molecule has 132 valence electrons. The van der Waals surface area contributed by atoms with Crippen LogP contribution in [0.1, 0.15) is 16.1 Å². The van der Waals surface area contributed by atoms with Gasteiger partial charge in [-0.2, -0.15) is 0 Å². The Morgan fingerprint density at radius 1 is 1.08 bits per heavy atom. The molecule has 0 saturated carbocycles. The molecule has 0 saturated heterocycles. The van der Waals surface area contributed by atoms with E-state index in [-0.39, 0.29) is 16.4 Å². The number of halogens is 3. The SMILES string of the molecule is O=C(Nc1ccccc1F)c1nc(SCc2ccccc2Cl)ncc1Cl. The van der Waals surface area contributed by atoms with Crippen LogP contribution in [-0.2, 0) is 5.75 Å². The van der Waals surface area contributed by atoms with Crippen molar-refractivity contribution in [1.82, 2.24) is 9.97 Å². The predicted octanol–water partition coefficient (Wildman–Crippen LogP) is 5.47. The summed E-state index contributed by atoms with van der Waals surface area (Å²) in [7, 11) is 0. The van der Waals surface area contributed by atoms with Gasteiger partial charge < -0.3 is 5.32 Å². The number of carbonyl (C=O) groups is 1. The van der Waals surface area contributed by atoms with Gasteiger partial charge in [-0.1, -0.05) is 65.3 Å². The van der Waals surface area contributed by atoms with E-state index in [9.17, 15) is 9.18 Å². The molecule has 8 heteroatoms. The minimum absolute atomic E-state index is 0.0217. The fourth-order valence-electron chi connectivity index (χ4n) is 2.08. The third-order valence-electron chi connectivity index (χ3n) is 3.37. The Labute approximate surface area is 163 Å². The number of anilines is 1. The van der Waals surface area contributed by atoms with E-state index >= 15 is 0 Å². The number of hydrogen-bond acceptors (Lipinski definition) is 4. The molecule has 0 unspecified atom stereocenters. The number of nitrogens with zero attached hydrogens (tertiary/aromatic N) is 2. The van der Waals surface area contributed by atoms with Crippen LogP contribution in [0, 0.1) is 5.82 Å². The van der Waals surface area contributed by atoms with Crippen molar-refractivity contribution in [3.63, 3.8) is 0 Å². The molecular formula is C18H12Cl2FN3OS. The van der Waals surface area contributed by atoms with Crippen LogP contribution in [0.4, 0.5) is 10.1 Å². The maximum Gasteiger partial charge on any atom is 0.276 e. The lowest BCUT2D eigenvalue weighted by atomic mass is 10.2. The molecule has 0 aliphatic rings. The first kappa shape index (κ1) is 18.6. The molecule has 1 heterocycles. The molecule has 1 N–H and O–H groups in total. The largest absolute Gasteiger partial charge is 0.318 e. The molecule has 26 heavy (non-hydrogen) atoms. The Kier molecular flexibility index (Phi) is 6.08. The maximum atomic E-state index is 13.7. The first-order valence-electron chi connectivity index (χ1n) is 7.49. The Morgan fingerprint density at radius 3 is 2.58 bits per heavy atom. The van der Waals surface area contributed by atoms with E-state index < -0.39 is 11.7 Å². The summed E-state index contributed by atoms with van der Waals surface area (Å²) in [6.45, 7) is 0. The molecule has 3 aromatic rings. The Balaban J connectivity index is 1.76. The molecule has 1 amide bonds. The van der Waals surface area contributed by atoms with Crippen molar-refractivity contribution in [3.05, 3.63) is 81.8 Å². The molecule has 0 spiro atoms. The van der Waals surface area contributed by atoms with E-state index in [1.807, 2.05) is 18.2 Å². The summed E-state index contributed by atoms with van der Waals surface area (Å²) in [5, 5.41) is 3.56. The van der Waals surface area contributed by atoms with Crippen molar-refractivity contribution in [3.8, 4) is 0 Å². The van der Waals surface area contributed by atoms with E-state index in [2.05, 4.69) is 15.3 Å². The third-order valence-corrected chi connectivity index (χ3v) is 4.93. The smallest absolute Gasteiger partial charge is 0.276 e. The van der Waals surface area contributed by atoms with Crippen molar-refractivity contribution in [2.45, 2.75) is 10.9 Å². The molecule has 1 aromatic heterocycles. The lowest BCUT2D eigenvalue weighted by molar-refractivity contribution is 0.102. The van der Waals surface area contributed by atoms with Gasteiger partial charge in [-0.3, -0.25) is 4.79 Å². The van der Waals surface area contributed by atoms with Crippen molar-refractivity contribution < 1.29 is 9.18 Å². The minimum atomic E-state index is -0.609. The van der Waals surface area contributed by atoms with Crippen LogP contribution in [0.3, 0.4) is 0 Å². The lowest BCUT2D eigenvalue weighted by Crippen LogP contribution is -2.16. The number of amides is 1. The van der Waals surface area contributed by atoms with E-state index in [0.29, 0.717) is 15.9 Å². The fraction of sp³-hybridized carbons (Fsp3) is 0.0556. The van der Waals surface area contributed by atoms with Crippen molar-refractivity contribution in [2.75, 3.05) is 5.32 Å². The highest BCUT2D eigenvalue weighted by molar-refractivity contribution is 7.98. The van der Waals surface area contributed by atoms with Gasteiger partial charge in [0.25, 0.3) is 5.91 Å². The molecule has 0 aliphatic heterocycles. The Morgan fingerprint density at radius 2 is 1.81 bits per heavy atom. The second kappa shape index (κ2) is 8.49. The van der Waals surface area contributed by atoms with Gasteiger partial charge >= 0.3 is 0 Å².